The maximum atomic E-state index is 6.61. The molecular weight excluding hydrogens is 282 g/mol. The van der Waals surface area contributed by atoms with E-state index in [1.54, 1.807) is 0 Å². The van der Waals surface area contributed by atoms with Gasteiger partial charge in [0.1, 0.15) is 0 Å². The van der Waals surface area contributed by atoms with Gasteiger partial charge in [-0.2, -0.15) is 0 Å². The summed E-state index contributed by atoms with van der Waals surface area (Å²) in [5, 5.41) is 3.48. The summed E-state index contributed by atoms with van der Waals surface area (Å²) in [6.07, 6.45) is 0. The summed E-state index contributed by atoms with van der Waals surface area (Å²) >= 11 is 0. The van der Waals surface area contributed by atoms with E-state index < -0.39 is 0 Å². The van der Waals surface area contributed by atoms with Crippen molar-refractivity contribution >= 4 is 17.1 Å². The van der Waals surface area contributed by atoms with Gasteiger partial charge in [-0.25, -0.2) is 0 Å². The van der Waals surface area contributed by atoms with Crippen LogP contribution in [0, 0.1) is 0 Å². The molecule has 0 radical (unpaired) electrons. The zero-order chi connectivity index (χ0) is 16.4. The quantitative estimate of drug-likeness (QED) is 0.906. The molecule has 1 aliphatic rings. The normalized spacial score (nSPS) is 17.3. The molecule has 0 aliphatic carbocycles. The summed E-state index contributed by atoms with van der Waals surface area (Å²) in [5.74, 6) is 0. The lowest BCUT2D eigenvalue weighted by molar-refractivity contribution is 0.679. The van der Waals surface area contributed by atoms with Gasteiger partial charge in [-0.15, -0.1) is 0 Å². The molecule has 0 bridgehead atoms. The summed E-state index contributed by atoms with van der Waals surface area (Å²) in [7, 11) is 0. The second-order valence-electron chi connectivity index (χ2n) is 6.21. The van der Waals surface area contributed by atoms with Crippen molar-refractivity contribution in [3.05, 3.63) is 65.2 Å². The van der Waals surface area contributed by atoms with E-state index in [0.717, 1.165) is 30.0 Å². The molecule has 0 atom stereocenters. The van der Waals surface area contributed by atoms with Gasteiger partial charge in [-0.1, -0.05) is 42.5 Å². The van der Waals surface area contributed by atoms with Gasteiger partial charge < -0.3 is 16.0 Å². The largest absolute Gasteiger partial charge is 0.396 e. The van der Waals surface area contributed by atoms with E-state index in [9.17, 15) is 0 Å². The minimum Gasteiger partial charge on any atom is -0.396 e. The lowest BCUT2D eigenvalue weighted by Crippen LogP contribution is -2.33. The van der Waals surface area contributed by atoms with E-state index in [-0.39, 0.29) is 0 Å². The molecule has 2 aromatic rings. The Labute approximate surface area is 138 Å². The molecule has 0 unspecified atom stereocenters. The number of nitrogens with zero attached hydrogens (tertiary/aromatic N) is 1. The van der Waals surface area contributed by atoms with E-state index in [4.69, 9.17) is 5.73 Å². The molecule has 0 aromatic heterocycles. The number of benzene rings is 2. The van der Waals surface area contributed by atoms with Crippen molar-refractivity contribution in [2.45, 2.75) is 33.4 Å². The first-order chi connectivity index (χ1) is 11.1. The summed E-state index contributed by atoms with van der Waals surface area (Å²) < 4.78 is 0. The van der Waals surface area contributed by atoms with Crippen LogP contribution in [0.25, 0.3) is 11.4 Å². The Morgan fingerprint density at radius 2 is 1.70 bits per heavy atom. The standard InChI is InChI=1S/C20H25N3/c1-4-22-20-16-10-6-5-9-15(16)13-23(14(2)3)18-12-8-7-11-17(18)19(20)21/h5-12,14,22H,4,13,21H2,1-3H3/b20-19-. The predicted octanol–water partition coefficient (Wildman–Crippen LogP) is 3.81. The topological polar surface area (TPSA) is 41.3 Å². The maximum absolute atomic E-state index is 6.61. The monoisotopic (exact) mass is 307 g/mol. The van der Waals surface area contributed by atoms with Crippen molar-refractivity contribution in [2.24, 2.45) is 5.73 Å². The maximum Gasteiger partial charge on any atom is 0.0657 e. The van der Waals surface area contributed by atoms with Crippen LogP contribution in [0.1, 0.15) is 37.5 Å². The van der Waals surface area contributed by atoms with E-state index in [1.165, 1.54) is 16.8 Å². The Balaban J connectivity index is 2.30. The van der Waals surface area contributed by atoms with Crippen LogP contribution in [0.3, 0.4) is 0 Å². The molecule has 0 amide bonds. The first-order valence-corrected chi connectivity index (χ1v) is 8.31. The molecule has 2 aromatic carbocycles. The first kappa shape index (κ1) is 15.5. The fourth-order valence-electron chi connectivity index (χ4n) is 3.23. The van der Waals surface area contributed by atoms with Crippen LogP contribution in [0.5, 0.6) is 0 Å². The van der Waals surface area contributed by atoms with E-state index in [1.807, 2.05) is 0 Å². The summed E-state index contributed by atoms with van der Waals surface area (Å²) in [6, 6.07) is 17.4. The number of anilines is 1. The van der Waals surface area contributed by atoms with Crippen molar-refractivity contribution < 1.29 is 0 Å². The van der Waals surface area contributed by atoms with Crippen molar-refractivity contribution in [3.8, 4) is 0 Å². The number of nitrogens with one attached hydrogen (secondary N) is 1. The van der Waals surface area contributed by atoms with Crippen LogP contribution in [-0.4, -0.2) is 12.6 Å². The third kappa shape index (κ3) is 2.79. The van der Waals surface area contributed by atoms with Crippen LogP contribution in [-0.2, 0) is 6.54 Å². The second-order valence-corrected chi connectivity index (χ2v) is 6.21. The van der Waals surface area contributed by atoms with Gasteiger partial charge in [0.25, 0.3) is 0 Å². The van der Waals surface area contributed by atoms with Gasteiger partial charge in [-0.05, 0) is 32.4 Å². The number of para-hydroxylation sites is 1. The molecule has 3 rings (SSSR count). The highest BCUT2D eigenvalue weighted by molar-refractivity contribution is 5.93. The average Bonchev–Trinajstić information content (AvgIpc) is 2.56. The van der Waals surface area contributed by atoms with Crippen LogP contribution in [0.15, 0.2) is 48.5 Å². The van der Waals surface area contributed by atoms with E-state index in [2.05, 4.69) is 79.5 Å². The lowest BCUT2D eigenvalue weighted by atomic mass is 9.95. The third-order valence-electron chi connectivity index (χ3n) is 4.38. The Morgan fingerprint density at radius 1 is 1.04 bits per heavy atom. The molecule has 1 aliphatic heterocycles. The van der Waals surface area contributed by atoms with Crippen LogP contribution in [0.4, 0.5) is 5.69 Å². The molecule has 0 saturated heterocycles. The molecule has 0 saturated carbocycles. The van der Waals surface area contributed by atoms with E-state index >= 15 is 0 Å². The van der Waals surface area contributed by atoms with Gasteiger partial charge in [0.15, 0.2) is 0 Å². The molecular formula is C20H25N3. The summed E-state index contributed by atoms with van der Waals surface area (Å²) in [4.78, 5) is 2.42. The van der Waals surface area contributed by atoms with Gasteiger partial charge in [-0.3, -0.25) is 0 Å². The van der Waals surface area contributed by atoms with Crippen molar-refractivity contribution in [3.63, 3.8) is 0 Å². The smallest absolute Gasteiger partial charge is 0.0657 e. The summed E-state index contributed by atoms with van der Waals surface area (Å²) in [6.45, 7) is 8.29. The van der Waals surface area contributed by atoms with Crippen molar-refractivity contribution in [2.75, 3.05) is 11.4 Å². The zero-order valence-electron chi connectivity index (χ0n) is 14.1. The predicted molar refractivity (Wildman–Crippen MR) is 98.9 cm³/mol. The zero-order valence-corrected chi connectivity index (χ0v) is 14.1. The van der Waals surface area contributed by atoms with Crippen LogP contribution in [0.2, 0.25) is 0 Å². The Hall–Kier alpha value is -2.42. The van der Waals surface area contributed by atoms with Gasteiger partial charge >= 0.3 is 0 Å². The highest BCUT2D eigenvalue weighted by Gasteiger charge is 2.23. The lowest BCUT2D eigenvalue weighted by Gasteiger charge is -2.34. The molecule has 23 heavy (non-hydrogen) atoms. The number of hydrogen-bond donors (Lipinski definition) is 2. The Morgan fingerprint density at radius 3 is 2.39 bits per heavy atom. The molecule has 3 nitrogen and oxygen atoms in total. The number of nitrogens with two attached hydrogens (primary N) is 1. The molecule has 1 heterocycles. The van der Waals surface area contributed by atoms with Crippen LogP contribution < -0.4 is 16.0 Å². The van der Waals surface area contributed by atoms with Gasteiger partial charge in [0.05, 0.1) is 11.4 Å². The molecule has 3 heteroatoms. The van der Waals surface area contributed by atoms with Crippen LogP contribution >= 0.6 is 0 Å². The number of fused-ring (bicyclic) bond motifs is 2. The molecule has 3 N–H and O–H groups in total. The SMILES string of the molecule is CCN/C1=C(\N)c2ccccc2N(C(C)C)Cc2ccccc21. The minimum atomic E-state index is 0.401. The molecule has 0 spiro atoms. The Kier molecular flexibility index (Phi) is 4.28. The first-order valence-electron chi connectivity index (χ1n) is 8.31. The number of rotatable bonds is 3. The molecule has 120 valence electrons. The van der Waals surface area contributed by atoms with Crippen molar-refractivity contribution in [1.29, 1.82) is 0 Å². The highest BCUT2D eigenvalue weighted by atomic mass is 15.2. The number of hydrogen-bond acceptors (Lipinski definition) is 3. The van der Waals surface area contributed by atoms with Gasteiger partial charge in [0.2, 0.25) is 0 Å². The van der Waals surface area contributed by atoms with Crippen molar-refractivity contribution in [1.82, 2.24) is 5.32 Å². The summed E-state index contributed by atoms with van der Waals surface area (Å²) in [5.41, 5.74) is 13.3. The Bertz CT molecular complexity index is 731. The van der Waals surface area contributed by atoms with E-state index in [0.29, 0.717) is 6.04 Å². The minimum absolute atomic E-state index is 0.401. The highest BCUT2D eigenvalue weighted by Crippen LogP contribution is 2.35. The van der Waals surface area contributed by atoms with Gasteiger partial charge in [0, 0.05) is 35.9 Å². The fraction of sp³-hybridized carbons (Fsp3) is 0.300. The third-order valence-corrected chi connectivity index (χ3v) is 4.38. The second kappa shape index (κ2) is 6.37. The fourth-order valence-corrected chi connectivity index (χ4v) is 3.23. The molecule has 0 fully saturated rings. The average molecular weight is 307 g/mol.